The lowest BCUT2D eigenvalue weighted by Crippen LogP contribution is -2.45. The zero-order valence-corrected chi connectivity index (χ0v) is 20.4. The molecule has 1 N–H and O–H groups in total. The van der Waals surface area contributed by atoms with E-state index in [-0.39, 0.29) is 11.4 Å². The second-order valence-electron chi connectivity index (χ2n) is 9.11. The Morgan fingerprint density at radius 2 is 2.03 bits per heavy atom. The van der Waals surface area contributed by atoms with Crippen LogP contribution in [0.5, 0.6) is 0 Å². The van der Waals surface area contributed by atoms with E-state index >= 15 is 0 Å². The highest BCUT2D eigenvalue weighted by Crippen LogP contribution is 2.45. The maximum Gasteiger partial charge on any atom is 0.264 e. The minimum absolute atomic E-state index is 0.0796. The fourth-order valence-corrected chi connectivity index (χ4v) is 5.34. The summed E-state index contributed by atoms with van der Waals surface area (Å²) in [6.07, 6.45) is 2.94. The Morgan fingerprint density at radius 3 is 2.77 bits per heavy atom. The number of amidine groups is 1. The van der Waals surface area contributed by atoms with Crippen LogP contribution in [0.15, 0.2) is 40.2 Å². The molecule has 4 nitrogen and oxygen atoms in total. The number of anilines is 1. The molecule has 1 fully saturated rings. The fraction of sp³-hybridized carbons (Fsp3) is 0.360. The van der Waals surface area contributed by atoms with E-state index in [0.29, 0.717) is 21.0 Å². The van der Waals surface area contributed by atoms with Gasteiger partial charge in [0.2, 0.25) is 0 Å². The topological polar surface area (TPSA) is 44.7 Å². The molecule has 162 valence electrons. The van der Waals surface area contributed by atoms with Crippen LogP contribution in [-0.4, -0.2) is 23.7 Å². The predicted molar refractivity (Wildman–Crippen MR) is 134 cm³/mol. The third kappa shape index (κ3) is 4.13. The van der Waals surface area contributed by atoms with E-state index in [9.17, 15) is 4.79 Å². The number of benzene rings is 2. The fourth-order valence-electron chi connectivity index (χ4n) is 4.30. The zero-order valence-electron chi connectivity index (χ0n) is 18.8. The summed E-state index contributed by atoms with van der Waals surface area (Å²) in [6.45, 7) is 10.9. The van der Waals surface area contributed by atoms with Gasteiger partial charge in [-0.05, 0) is 98.3 Å². The lowest BCUT2D eigenvalue weighted by Gasteiger charge is -2.45. The average molecular weight is 454 g/mol. The Labute approximate surface area is 193 Å². The number of hydrogen-bond acceptors (Lipinski definition) is 4. The van der Waals surface area contributed by atoms with Crippen LogP contribution in [0.25, 0.3) is 6.08 Å². The van der Waals surface area contributed by atoms with Gasteiger partial charge in [0.25, 0.3) is 5.91 Å². The highest BCUT2D eigenvalue weighted by molar-refractivity contribution is 8.18. The van der Waals surface area contributed by atoms with Gasteiger partial charge in [0.1, 0.15) is 0 Å². The molecule has 2 aromatic rings. The first kappa shape index (κ1) is 22.0. The first-order valence-electron chi connectivity index (χ1n) is 10.5. The van der Waals surface area contributed by atoms with E-state index in [1.807, 2.05) is 31.2 Å². The van der Waals surface area contributed by atoms with Crippen molar-refractivity contribution in [1.29, 1.82) is 0 Å². The molecule has 1 amide bonds. The highest BCUT2D eigenvalue weighted by atomic mass is 35.5. The van der Waals surface area contributed by atoms with Crippen molar-refractivity contribution in [1.82, 2.24) is 5.32 Å². The number of aryl methyl sites for hydroxylation is 1. The molecule has 31 heavy (non-hydrogen) atoms. The molecule has 0 spiro atoms. The van der Waals surface area contributed by atoms with Crippen molar-refractivity contribution in [3.05, 3.63) is 62.5 Å². The van der Waals surface area contributed by atoms with Crippen molar-refractivity contribution < 1.29 is 4.79 Å². The van der Waals surface area contributed by atoms with Crippen LogP contribution < -0.4 is 10.2 Å². The van der Waals surface area contributed by atoms with Crippen LogP contribution in [0, 0.1) is 13.8 Å². The normalized spacial score (nSPS) is 22.7. The third-order valence-electron chi connectivity index (χ3n) is 6.49. The van der Waals surface area contributed by atoms with Gasteiger partial charge in [-0.1, -0.05) is 30.7 Å². The number of carbonyl (C=O) groups is 1. The molecule has 6 heteroatoms. The minimum Gasteiger partial charge on any atom is -0.369 e. The van der Waals surface area contributed by atoms with Crippen molar-refractivity contribution in [3.63, 3.8) is 0 Å². The summed E-state index contributed by atoms with van der Waals surface area (Å²) in [7, 11) is 2.12. The summed E-state index contributed by atoms with van der Waals surface area (Å²) in [6, 6.07) is 10.2. The Hall–Kier alpha value is -2.24. The van der Waals surface area contributed by atoms with Crippen LogP contribution in [-0.2, 0) is 4.79 Å². The number of aliphatic imine (C=N–C) groups is 1. The van der Waals surface area contributed by atoms with E-state index in [1.165, 1.54) is 22.9 Å². The van der Waals surface area contributed by atoms with E-state index in [0.717, 1.165) is 28.9 Å². The number of thioether (sulfide) groups is 1. The Bertz CT molecular complexity index is 1140. The molecular weight excluding hydrogens is 426 g/mol. The van der Waals surface area contributed by atoms with Gasteiger partial charge in [-0.25, -0.2) is 4.99 Å². The lowest BCUT2D eigenvalue weighted by atomic mass is 9.80. The van der Waals surface area contributed by atoms with Gasteiger partial charge in [0.05, 0.1) is 10.6 Å². The number of nitrogens with zero attached hydrogens (tertiary/aromatic N) is 2. The second kappa shape index (κ2) is 8.03. The Balaban J connectivity index is 1.67. The number of fused-ring (bicyclic) bond motifs is 1. The monoisotopic (exact) mass is 453 g/mol. The largest absolute Gasteiger partial charge is 0.369 e. The van der Waals surface area contributed by atoms with Gasteiger partial charge < -0.3 is 10.2 Å². The molecule has 4 rings (SSSR count). The van der Waals surface area contributed by atoms with Gasteiger partial charge in [-0.3, -0.25) is 4.79 Å². The number of nitrogens with one attached hydrogen (secondary N) is 1. The van der Waals surface area contributed by atoms with E-state index in [2.05, 4.69) is 62.1 Å². The van der Waals surface area contributed by atoms with E-state index in [4.69, 9.17) is 11.6 Å². The first-order valence-corrected chi connectivity index (χ1v) is 11.7. The molecule has 2 aliphatic heterocycles. The minimum atomic E-state index is -0.144. The molecule has 0 radical (unpaired) electrons. The van der Waals surface area contributed by atoms with Crippen LogP contribution in [0.2, 0.25) is 5.02 Å². The maximum absolute atomic E-state index is 12.6. The number of carbonyl (C=O) groups excluding carboxylic acids is 1. The van der Waals surface area contributed by atoms with Crippen molar-refractivity contribution in [2.75, 3.05) is 11.9 Å². The molecule has 2 aliphatic rings. The standard InChI is InChI=1S/C25H28ClN3OS/c1-14-8-7-9-20(16(14)3)27-24-28-23(30)22(31-24)11-17-10-18-15(2)13-25(4,5)29(6)21(18)12-19(17)26/h7-12,15H,13H2,1-6H3,(H,27,28,30)/b22-11-. The van der Waals surface area contributed by atoms with Gasteiger partial charge in [-0.2, -0.15) is 0 Å². The molecule has 1 unspecified atom stereocenters. The molecule has 0 aliphatic carbocycles. The first-order chi connectivity index (χ1) is 14.6. The quantitative estimate of drug-likeness (QED) is 0.523. The molecule has 0 bridgehead atoms. The summed E-state index contributed by atoms with van der Waals surface area (Å²) in [5.74, 6) is 0.274. The van der Waals surface area contributed by atoms with Crippen LogP contribution in [0.1, 0.15) is 55.4 Å². The van der Waals surface area contributed by atoms with Gasteiger partial charge in [0.15, 0.2) is 5.17 Å². The molecular formula is C25H28ClN3OS. The van der Waals surface area contributed by atoms with Gasteiger partial charge in [0, 0.05) is 23.3 Å². The molecule has 2 aromatic carbocycles. The average Bonchev–Trinajstić information content (AvgIpc) is 3.03. The summed E-state index contributed by atoms with van der Waals surface area (Å²) in [5.41, 5.74) is 6.54. The maximum atomic E-state index is 12.6. The van der Waals surface area contributed by atoms with Gasteiger partial charge in [-0.15, -0.1) is 0 Å². The highest BCUT2D eigenvalue weighted by Gasteiger charge is 2.34. The van der Waals surface area contributed by atoms with E-state index in [1.54, 1.807) is 0 Å². The van der Waals surface area contributed by atoms with Crippen molar-refractivity contribution >= 4 is 51.9 Å². The Kier molecular flexibility index (Phi) is 5.69. The molecule has 1 atom stereocenters. The smallest absolute Gasteiger partial charge is 0.264 e. The van der Waals surface area contributed by atoms with Crippen LogP contribution in [0.3, 0.4) is 0 Å². The molecule has 1 saturated heterocycles. The lowest BCUT2D eigenvalue weighted by molar-refractivity contribution is -0.115. The van der Waals surface area contributed by atoms with E-state index < -0.39 is 0 Å². The molecule has 0 aromatic heterocycles. The predicted octanol–water partition coefficient (Wildman–Crippen LogP) is 6.57. The second-order valence-corrected chi connectivity index (χ2v) is 10.5. The zero-order chi connectivity index (χ0) is 22.5. The summed E-state index contributed by atoms with van der Waals surface area (Å²) in [5, 5.41) is 4.12. The molecule has 2 heterocycles. The number of hydrogen-bond donors (Lipinski definition) is 1. The summed E-state index contributed by atoms with van der Waals surface area (Å²) < 4.78 is 0. The van der Waals surface area contributed by atoms with Crippen molar-refractivity contribution in [2.24, 2.45) is 4.99 Å². The number of rotatable bonds is 2. The Morgan fingerprint density at radius 1 is 1.29 bits per heavy atom. The van der Waals surface area contributed by atoms with Crippen molar-refractivity contribution in [2.45, 2.75) is 52.5 Å². The van der Waals surface area contributed by atoms with Crippen LogP contribution >= 0.6 is 23.4 Å². The van der Waals surface area contributed by atoms with Gasteiger partial charge >= 0.3 is 0 Å². The van der Waals surface area contributed by atoms with Crippen molar-refractivity contribution in [3.8, 4) is 0 Å². The van der Waals surface area contributed by atoms with Crippen LogP contribution in [0.4, 0.5) is 11.4 Å². The number of amides is 1. The summed E-state index contributed by atoms with van der Waals surface area (Å²) in [4.78, 5) is 20.2. The third-order valence-corrected chi connectivity index (χ3v) is 7.72. The summed E-state index contributed by atoms with van der Waals surface area (Å²) >= 11 is 8.01. The SMILES string of the molecule is Cc1cccc(N=C2NC(=O)/C(=C/c3cc4c(cc3Cl)N(C)C(C)(C)CC4C)S2)c1C. The molecule has 0 saturated carbocycles. The number of halogens is 1.